The molecule has 1 unspecified atom stereocenters. The van der Waals surface area contributed by atoms with Crippen LogP contribution >= 0.6 is 23.8 Å². The summed E-state index contributed by atoms with van der Waals surface area (Å²) in [6.07, 6.45) is 1.13. The van der Waals surface area contributed by atoms with Gasteiger partial charge in [0.15, 0.2) is 4.77 Å². The molecule has 4 rings (SSSR count). The number of hydrogen-bond acceptors (Lipinski definition) is 1. The summed E-state index contributed by atoms with van der Waals surface area (Å²) in [6.45, 7) is 0.913. The molecule has 2 nitrogen and oxygen atoms in total. The number of para-hydroxylation sites is 1. The summed E-state index contributed by atoms with van der Waals surface area (Å²) >= 11 is 11.7. The van der Waals surface area contributed by atoms with Crippen molar-refractivity contribution in [3.63, 3.8) is 0 Å². The van der Waals surface area contributed by atoms with Crippen LogP contribution in [0, 0.1) is 4.77 Å². The van der Waals surface area contributed by atoms with Gasteiger partial charge >= 0.3 is 0 Å². The second-order valence-electron chi connectivity index (χ2n) is 5.27. The average molecular weight is 301 g/mol. The van der Waals surface area contributed by atoms with Gasteiger partial charge in [0.1, 0.15) is 0 Å². The lowest BCUT2D eigenvalue weighted by Crippen LogP contribution is -2.21. The molecule has 2 aromatic carbocycles. The number of aromatic nitrogens is 2. The van der Waals surface area contributed by atoms with Gasteiger partial charge in [-0.15, -0.1) is 0 Å². The van der Waals surface area contributed by atoms with Crippen molar-refractivity contribution < 1.29 is 0 Å². The number of fused-ring (bicyclic) bond motifs is 2. The van der Waals surface area contributed by atoms with Crippen LogP contribution in [0.2, 0.25) is 5.02 Å². The fourth-order valence-electron chi connectivity index (χ4n) is 3.07. The molecule has 0 radical (unpaired) electrons. The Morgan fingerprint density at radius 1 is 1.20 bits per heavy atom. The molecule has 1 aromatic heterocycles. The first-order valence-electron chi connectivity index (χ1n) is 6.69. The minimum absolute atomic E-state index is 0.552. The third-order valence-corrected chi connectivity index (χ3v) is 4.76. The van der Waals surface area contributed by atoms with Crippen LogP contribution in [-0.4, -0.2) is 9.55 Å². The first kappa shape index (κ1) is 12.2. The maximum atomic E-state index is 6.22. The smallest absolute Gasteiger partial charge is 0.178 e. The summed E-state index contributed by atoms with van der Waals surface area (Å²) in [5.74, 6) is 0.552. The van der Waals surface area contributed by atoms with E-state index < -0.39 is 0 Å². The fourth-order valence-corrected chi connectivity index (χ4v) is 3.56. The van der Waals surface area contributed by atoms with Gasteiger partial charge in [-0.1, -0.05) is 41.9 Å². The Labute approximate surface area is 127 Å². The van der Waals surface area contributed by atoms with Crippen molar-refractivity contribution in [2.75, 3.05) is 0 Å². The number of aromatic amines is 1. The Balaban J connectivity index is 1.76. The number of halogens is 1. The topological polar surface area (TPSA) is 20.7 Å². The summed E-state index contributed by atoms with van der Waals surface area (Å²) in [4.78, 5) is 3.22. The highest BCUT2D eigenvalue weighted by atomic mass is 35.5. The second kappa shape index (κ2) is 4.47. The molecule has 0 spiro atoms. The number of rotatable bonds is 2. The largest absolute Gasteiger partial charge is 0.329 e. The fraction of sp³-hybridized carbons (Fsp3) is 0.188. The summed E-state index contributed by atoms with van der Waals surface area (Å²) < 4.78 is 2.91. The van der Waals surface area contributed by atoms with Crippen LogP contribution in [0.1, 0.15) is 17.0 Å². The zero-order chi connectivity index (χ0) is 13.7. The molecule has 1 aliphatic carbocycles. The normalized spacial score (nSPS) is 16.9. The molecular formula is C16H13ClN2S. The van der Waals surface area contributed by atoms with E-state index in [0.717, 1.165) is 33.8 Å². The minimum Gasteiger partial charge on any atom is -0.329 e. The van der Waals surface area contributed by atoms with Crippen LogP contribution in [0.3, 0.4) is 0 Å². The van der Waals surface area contributed by atoms with Gasteiger partial charge in [0.25, 0.3) is 0 Å². The zero-order valence-electron chi connectivity index (χ0n) is 10.8. The van der Waals surface area contributed by atoms with Crippen molar-refractivity contribution >= 4 is 34.9 Å². The van der Waals surface area contributed by atoms with Gasteiger partial charge in [-0.3, -0.25) is 0 Å². The highest BCUT2D eigenvalue weighted by Gasteiger charge is 2.26. The van der Waals surface area contributed by atoms with Crippen molar-refractivity contribution in [1.29, 1.82) is 0 Å². The molecule has 4 heteroatoms. The maximum Gasteiger partial charge on any atom is 0.178 e. The van der Waals surface area contributed by atoms with E-state index in [9.17, 15) is 0 Å². The van der Waals surface area contributed by atoms with Crippen molar-refractivity contribution in [3.05, 3.63) is 63.4 Å². The molecule has 0 saturated carbocycles. The molecular weight excluding hydrogens is 288 g/mol. The number of hydrogen-bond donors (Lipinski definition) is 1. The quantitative estimate of drug-likeness (QED) is 0.681. The van der Waals surface area contributed by atoms with Crippen LogP contribution in [0.5, 0.6) is 0 Å². The van der Waals surface area contributed by atoms with Crippen molar-refractivity contribution in [2.24, 2.45) is 0 Å². The molecule has 1 heterocycles. The monoisotopic (exact) mass is 300 g/mol. The number of H-pyrrole nitrogens is 1. The van der Waals surface area contributed by atoms with Crippen molar-refractivity contribution in [3.8, 4) is 0 Å². The Morgan fingerprint density at radius 3 is 2.90 bits per heavy atom. The second-order valence-corrected chi connectivity index (χ2v) is 6.07. The molecule has 0 amide bonds. The molecule has 0 fully saturated rings. The summed E-state index contributed by atoms with van der Waals surface area (Å²) in [5, 5.41) is 0.723. The Bertz CT molecular complexity index is 862. The van der Waals surface area contributed by atoms with E-state index in [1.165, 1.54) is 11.1 Å². The highest BCUT2D eigenvalue weighted by molar-refractivity contribution is 7.71. The van der Waals surface area contributed by atoms with E-state index in [2.05, 4.69) is 39.9 Å². The lowest BCUT2D eigenvalue weighted by atomic mass is 9.77. The van der Waals surface area contributed by atoms with Crippen LogP contribution in [-0.2, 0) is 13.0 Å². The van der Waals surface area contributed by atoms with Gasteiger partial charge in [0.05, 0.1) is 16.1 Å². The zero-order valence-corrected chi connectivity index (χ0v) is 12.3. The van der Waals surface area contributed by atoms with E-state index in [1.54, 1.807) is 0 Å². The Kier molecular flexibility index (Phi) is 2.72. The summed E-state index contributed by atoms with van der Waals surface area (Å²) in [5.41, 5.74) is 4.94. The van der Waals surface area contributed by atoms with Gasteiger partial charge in [-0.25, -0.2) is 0 Å². The molecule has 100 valence electrons. The van der Waals surface area contributed by atoms with Gasteiger partial charge in [-0.2, -0.15) is 0 Å². The van der Waals surface area contributed by atoms with E-state index in [1.807, 2.05) is 12.1 Å². The average Bonchev–Trinajstić information content (AvgIpc) is 2.74. The molecule has 0 aliphatic heterocycles. The first-order chi connectivity index (χ1) is 9.74. The molecule has 3 aromatic rings. The van der Waals surface area contributed by atoms with Crippen molar-refractivity contribution in [2.45, 2.75) is 18.9 Å². The van der Waals surface area contributed by atoms with E-state index in [0.29, 0.717) is 5.92 Å². The number of nitrogens with zero attached hydrogens (tertiary/aromatic N) is 1. The molecule has 0 saturated heterocycles. The lowest BCUT2D eigenvalue weighted by Gasteiger charge is -2.30. The highest BCUT2D eigenvalue weighted by Crippen LogP contribution is 2.37. The third kappa shape index (κ3) is 1.74. The van der Waals surface area contributed by atoms with Gasteiger partial charge < -0.3 is 9.55 Å². The van der Waals surface area contributed by atoms with Crippen LogP contribution in [0.4, 0.5) is 0 Å². The van der Waals surface area contributed by atoms with Gasteiger partial charge in [0, 0.05) is 12.5 Å². The standard InChI is InChI=1S/C16H13ClN2S/c17-13-6-3-7-14-15(13)18-16(20)19(14)9-11-8-10-4-1-2-5-12(10)11/h1-7,11H,8-9H2,(H,18,20). The van der Waals surface area contributed by atoms with E-state index in [-0.39, 0.29) is 0 Å². The molecule has 1 aliphatic rings. The van der Waals surface area contributed by atoms with E-state index >= 15 is 0 Å². The molecule has 20 heavy (non-hydrogen) atoms. The maximum absolute atomic E-state index is 6.22. The molecule has 1 N–H and O–H groups in total. The summed E-state index contributed by atoms with van der Waals surface area (Å²) in [7, 11) is 0. The van der Waals surface area contributed by atoms with Crippen LogP contribution in [0.25, 0.3) is 11.0 Å². The Hall–Kier alpha value is -1.58. The van der Waals surface area contributed by atoms with Crippen molar-refractivity contribution in [1.82, 2.24) is 9.55 Å². The predicted molar refractivity (Wildman–Crippen MR) is 85.0 cm³/mol. The van der Waals surface area contributed by atoms with E-state index in [4.69, 9.17) is 23.8 Å². The predicted octanol–water partition coefficient (Wildman–Crippen LogP) is 4.69. The minimum atomic E-state index is 0.552. The van der Waals surface area contributed by atoms with Gasteiger partial charge in [0.2, 0.25) is 0 Å². The first-order valence-corrected chi connectivity index (χ1v) is 7.47. The SMILES string of the molecule is S=c1[nH]c2c(Cl)cccc2n1CC1Cc2ccccc21. The van der Waals surface area contributed by atoms with Crippen LogP contribution < -0.4 is 0 Å². The molecule has 0 bridgehead atoms. The Morgan fingerprint density at radius 2 is 2.05 bits per heavy atom. The number of benzene rings is 2. The number of nitrogens with one attached hydrogen (secondary N) is 1. The lowest BCUT2D eigenvalue weighted by molar-refractivity contribution is 0.513. The third-order valence-electron chi connectivity index (χ3n) is 4.12. The number of imidazole rings is 1. The molecule has 1 atom stereocenters. The summed E-state index contributed by atoms with van der Waals surface area (Å²) in [6, 6.07) is 14.6. The van der Waals surface area contributed by atoms with Gasteiger partial charge in [-0.05, 0) is 41.9 Å². The van der Waals surface area contributed by atoms with Crippen LogP contribution in [0.15, 0.2) is 42.5 Å².